The van der Waals surface area contributed by atoms with E-state index in [9.17, 15) is 4.79 Å². The van der Waals surface area contributed by atoms with E-state index in [1.54, 1.807) is 0 Å². The second-order valence-corrected chi connectivity index (χ2v) is 3.27. The van der Waals surface area contributed by atoms with Gasteiger partial charge in [-0.3, -0.25) is 4.79 Å². The van der Waals surface area contributed by atoms with Crippen molar-refractivity contribution in [2.45, 2.75) is 26.8 Å². The molecule has 2 atom stereocenters. The van der Waals surface area contributed by atoms with Gasteiger partial charge in [-0.25, -0.2) is 0 Å². The average Bonchev–Trinajstić information content (AvgIpc) is 2.10. The van der Waals surface area contributed by atoms with E-state index in [2.05, 4.69) is 5.32 Å². The van der Waals surface area contributed by atoms with Gasteiger partial charge in [-0.2, -0.15) is 0 Å². The largest absolute Gasteiger partial charge is 0.380 e. The molecule has 0 aromatic rings. The number of primary amides is 1. The first-order valence-electron chi connectivity index (χ1n) is 4.68. The van der Waals surface area contributed by atoms with E-state index in [1.165, 1.54) is 0 Å². The van der Waals surface area contributed by atoms with Crippen molar-refractivity contribution in [3.63, 3.8) is 0 Å². The Hall–Kier alpha value is -0.610. The molecule has 13 heavy (non-hydrogen) atoms. The van der Waals surface area contributed by atoms with Gasteiger partial charge in [-0.05, 0) is 13.8 Å². The molecule has 0 rings (SSSR count). The van der Waals surface area contributed by atoms with E-state index < -0.39 is 0 Å². The molecule has 0 saturated carbocycles. The zero-order chi connectivity index (χ0) is 10.3. The van der Waals surface area contributed by atoms with Gasteiger partial charge in [0.2, 0.25) is 5.91 Å². The molecule has 0 radical (unpaired) electrons. The molecule has 0 saturated heterocycles. The molecule has 4 nitrogen and oxygen atoms in total. The topological polar surface area (TPSA) is 64.3 Å². The molecule has 2 unspecified atom stereocenters. The second-order valence-electron chi connectivity index (χ2n) is 3.27. The smallest absolute Gasteiger partial charge is 0.221 e. The summed E-state index contributed by atoms with van der Waals surface area (Å²) in [6.07, 6.45) is 0. The minimum Gasteiger partial charge on any atom is -0.380 e. The minimum absolute atomic E-state index is 0.121. The molecule has 78 valence electrons. The Morgan fingerprint density at radius 2 is 2.15 bits per heavy atom. The van der Waals surface area contributed by atoms with Gasteiger partial charge in [-0.15, -0.1) is 0 Å². The molecule has 1 amide bonds. The summed E-state index contributed by atoms with van der Waals surface area (Å²) in [7, 11) is 0. The number of carbonyl (C=O) groups excluding carboxylic acids is 1. The third-order valence-corrected chi connectivity index (χ3v) is 1.83. The van der Waals surface area contributed by atoms with Gasteiger partial charge in [-0.1, -0.05) is 6.92 Å². The Balaban J connectivity index is 3.45. The van der Waals surface area contributed by atoms with Crippen LogP contribution in [0, 0.1) is 5.92 Å². The molecule has 0 aromatic heterocycles. The van der Waals surface area contributed by atoms with Crippen molar-refractivity contribution in [2.24, 2.45) is 11.7 Å². The van der Waals surface area contributed by atoms with Crippen LogP contribution in [0.5, 0.6) is 0 Å². The van der Waals surface area contributed by atoms with Crippen LogP contribution in [0.25, 0.3) is 0 Å². The summed E-state index contributed by atoms with van der Waals surface area (Å²) in [5.74, 6) is -0.389. The van der Waals surface area contributed by atoms with Crippen LogP contribution in [0.2, 0.25) is 0 Å². The van der Waals surface area contributed by atoms with E-state index in [0.29, 0.717) is 13.2 Å². The molecular formula is C9H20N2O2. The summed E-state index contributed by atoms with van der Waals surface area (Å²) in [6.45, 7) is 7.79. The van der Waals surface area contributed by atoms with Gasteiger partial charge < -0.3 is 15.8 Å². The maximum absolute atomic E-state index is 10.7. The predicted molar refractivity (Wildman–Crippen MR) is 52.3 cm³/mol. The van der Waals surface area contributed by atoms with E-state index in [4.69, 9.17) is 10.5 Å². The highest BCUT2D eigenvalue weighted by Crippen LogP contribution is 1.92. The number of nitrogens with one attached hydrogen (secondary N) is 1. The van der Waals surface area contributed by atoms with Crippen molar-refractivity contribution in [3.8, 4) is 0 Å². The number of hydrogen-bond donors (Lipinski definition) is 2. The van der Waals surface area contributed by atoms with Crippen LogP contribution in [-0.4, -0.2) is 31.7 Å². The number of rotatable bonds is 7. The SMILES string of the molecule is CCOCC(C)NCC(C)C(N)=O. The van der Waals surface area contributed by atoms with Gasteiger partial charge >= 0.3 is 0 Å². The Labute approximate surface area is 79.8 Å². The molecular weight excluding hydrogens is 168 g/mol. The lowest BCUT2D eigenvalue weighted by atomic mass is 10.1. The number of nitrogens with two attached hydrogens (primary N) is 1. The van der Waals surface area contributed by atoms with Crippen molar-refractivity contribution in [1.82, 2.24) is 5.32 Å². The fourth-order valence-corrected chi connectivity index (χ4v) is 0.832. The quantitative estimate of drug-likeness (QED) is 0.596. The van der Waals surface area contributed by atoms with Crippen LogP contribution in [0.15, 0.2) is 0 Å². The Morgan fingerprint density at radius 1 is 1.54 bits per heavy atom. The molecule has 0 bridgehead atoms. The molecule has 4 heteroatoms. The lowest BCUT2D eigenvalue weighted by Crippen LogP contribution is -2.37. The van der Waals surface area contributed by atoms with Crippen LogP contribution in [0.3, 0.4) is 0 Å². The van der Waals surface area contributed by atoms with Crippen molar-refractivity contribution in [3.05, 3.63) is 0 Å². The third-order valence-electron chi connectivity index (χ3n) is 1.83. The zero-order valence-corrected chi connectivity index (χ0v) is 8.67. The van der Waals surface area contributed by atoms with E-state index in [1.807, 2.05) is 20.8 Å². The van der Waals surface area contributed by atoms with E-state index in [0.717, 1.165) is 6.61 Å². The van der Waals surface area contributed by atoms with Gasteiger partial charge in [0.05, 0.1) is 6.61 Å². The molecule has 0 spiro atoms. The standard InChI is InChI=1S/C9H20N2O2/c1-4-13-6-8(3)11-5-7(2)9(10)12/h7-8,11H,4-6H2,1-3H3,(H2,10,12). The highest BCUT2D eigenvalue weighted by molar-refractivity contribution is 5.76. The van der Waals surface area contributed by atoms with Gasteiger partial charge in [0.1, 0.15) is 0 Å². The fourth-order valence-electron chi connectivity index (χ4n) is 0.832. The molecule has 0 aliphatic rings. The first-order chi connectivity index (χ1) is 6.07. The van der Waals surface area contributed by atoms with Gasteiger partial charge in [0.15, 0.2) is 0 Å². The summed E-state index contributed by atoms with van der Waals surface area (Å²) in [5.41, 5.74) is 5.11. The summed E-state index contributed by atoms with van der Waals surface area (Å²) in [5, 5.41) is 3.17. The highest BCUT2D eigenvalue weighted by atomic mass is 16.5. The normalized spacial score (nSPS) is 15.3. The monoisotopic (exact) mass is 188 g/mol. The van der Waals surface area contributed by atoms with Crippen molar-refractivity contribution < 1.29 is 9.53 Å². The van der Waals surface area contributed by atoms with Crippen LogP contribution in [0.1, 0.15) is 20.8 Å². The van der Waals surface area contributed by atoms with Gasteiger partial charge in [0.25, 0.3) is 0 Å². The Kier molecular flexibility index (Phi) is 6.54. The van der Waals surface area contributed by atoms with Crippen molar-refractivity contribution >= 4 is 5.91 Å². The average molecular weight is 188 g/mol. The van der Waals surface area contributed by atoms with Crippen LogP contribution < -0.4 is 11.1 Å². The number of hydrogen-bond acceptors (Lipinski definition) is 3. The summed E-state index contributed by atoms with van der Waals surface area (Å²) in [6, 6.07) is 0.266. The maximum atomic E-state index is 10.7. The summed E-state index contributed by atoms with van der Waals surface area (Å²) < 4.78 is 5.21. The molecule has 3 N–H and O–H groups in total. The fraction of sp³-hybridized carbons (Fsp3) is 0.889. The van der Waals surface area contributed by atoms with Crippen molar-refractivity contribution in [1.29, 1.82) is 0 Å². The van der Waals surface area contributed by atoms with Crippen LogP contribution in [-0.2, 0) is 9.53 Å². The maximum Gasteiger partial charge on any atom is 0.221 e. The van der Waals surface area contributed by atoms with Crippen LogP contribution >= 0.6 is 0 Å². The Morgan fingerprint density at radius 3 is 2.62 bits per heavy atom. The molecule has 0 aliphatic heterocycles. The molecule has 0 aromatic carbocycles. The second kappa shape index (κ2) is 6.86. The highest BCUT2D eigenvalue weighted by Gasteiger charge is 2.09. The lowest BCUT2D eigenvalue weighted by molar-refractivity contribution is -0.121. The summed E-state index contributed by atoms with van der Waals surface area (Å²) in [4.78, 5) is 10.7. The number of carbonyl (C=O) groups is 1. The molecule has 0 aliphatic carbocycles. The van der Waals surface area contributed by atoms with E-state index in [-0.39, 0.29) is 17.9 Å². The Bertz CT molecular complexity index is 151. The number of ether oxygens (including phenoxy) is 1. The van der Waals surface area contributed by atoms with Crippen LogP contribution in [0.4, 0.5) is 0 Å². The zero-order valence-electron chi connectivity index (χ0n) is 8.67. The minimum atomic E-state index is -0.267. The van der Waals surface area contributed by atoms with E-state index >= 15 is 0 Å². The third kappa shape index (κ3) is 6.54. The molecule has 0 fully saturated rings. The number of amides is 1. The summed E-state index contributed by atoms with van der Waals surface area (Å²) >= 11 is 0. The van der Waals surface area contributed by atoms with Crippen molar-refractivity contribution in [2.75, 3.05) is 19.8 Å². The first kappa shape index (κ1) is 12.4. The first-order valence-corrected chi connectivity index (χ1v) is 4.68. The van der Waals surface area contributed by atoms with Gasteiger partial charge in [0, 0.05) is 25.1 Å². The molecule has 0 heterocycles. The predicted octanol–water partition coefficient (Wildman–Crippen LogP) is 0.122. The lowest BCUT2D eigenvalue weighted by Gasteiger charge is -2.15.